The fourth-order valence-electron chi connectivity index (χ4n) is 1.70. The summed E-state index contributed by atoms with van der Waals surface area (Å²) in [6.07, 6.45) is 0.977. The van der Waals surface area contributed by atoms with Crippen molar-refractivity contribution >= 4 is 21.4 Å². The molecule has 0 aliphatic carbocycles. The highest BCUT2D eigenvalue weighted by molar-refractivity contribution is 7.19. The van der Waals surface area contributed by atoms with Gasteiger partial charge in [0.15, 0.2) is 0 Å². The van der Waals surface area contributed by atoms with Crippen molar-refractivity contribution in [2.45, 2.75) is 26.2 Å². The first-order valence-electron chi connectivity index (χ1n) is 5.43. The molecule has 0 fully saturated rings. The predicted molar refractivity (Wildman–Crippen MR) is 68.7 cm³/mol. The van der Waals surface area contributed by atoms with Crippen LogP contribution in [0.2, 0.25) is 0 Å². The maximum absolute atomic E-state index is 5.56. The zero-order valence-electron chi connectivity index (χ0n) is 9.29. The first-order valence-corrected chi connectivity index (χ1v) is 6.25. The van der Waals surface area contributed by atoms with Gasteiger partial charge in [-0.05, 0) is 42.0 Å². The van der Waals surface area contributed by atoms with E-state index in [2.05, 4.69) is 38.1 Å². The van der Waals surface area contributed by atoms with Crippen LogP contribution in [0.3, 0.4) is 0 Å². The second-order valence-corrected chi connectivity index (χ2v) is 5.33. The number of hydrogen-bond donors (Lipinski definition) is 1. The van der Waals surface area contributed by atoms with Crippen LogP contribution in [0.4, 0.5) is 0 Å². The highest BCUT2D eigenvalue weighted by Gasteiger charge is 2.05. The molecule has 1 nitrogen and oxygen atoms in total. The lowest BCUT2D eigenvalue weighted by molar-refractivity contribution is 0.890. The molecule has 2 N–H and O–H groups in total. The molecule has 0 saturated heterocycles. The normalized spacial score (nSPS) is 11.5. The summed E-state index contributed by atoms with van der Waals surface area (Å²) < 4.78 is 1.39. The summed E-state index contributed by atoms with van der Waals surface area (Å²) in [4.78, 5) is 1.47. The minimum absolute atomic E-state index is 0.625. The smallest absolute Gasteiger partial charge is 0.0348 e. The summed E-state index contributed by atoms with van der Waals surface area (Å²) in [5.74, 6) is 0.625. The predicted octanol–water partition coefficient (Wildman–Crippen LogP) is 3.53. The van der Waals surface area contributed by atoms with Gasteiger partial charge in [-0.25, -0.2) is 0 Å². The maximum Gasteiger partial charge on any atom is 0.0348 e. The Balaban J connectivity index is 2.43. The van der Waals surface area contributed by atoms with Crippen molar-refractivity contribution in [3.05, 3.63) is 34.7 Å². The molecule has 0 amide bonds. The van der Waals surface area contributed by atoms with Gasteiger partial charge >= 0.3 is 0 Å². The summed E-state index contributed by atoms with van der Waals surface area (Å²) in [5, 5.41) is 1.37. The van der Waals surface area contributed by atoms with Gasteiger partial charge in [-0.15, -0.1) is 11.3 Å². The van der Waals surface area contributed by atoms with E-state index in [1.807, 2.05) is 11.3 Å². The minimum Gasteiger partial charge on any atom is -0.330 e. The summed E-state index contributed by atoms with van der Waals surface area (Å²) in [6.45, 7) is 5.21. The lowest BCUT2D eigenvalue weighted by Gasteiger charge is -1.97. The third kappa shape index (κ3) is 2.21. The van der Waals surface area contributed by atoms with Crippen LogP contribution >= 0.6 is 11.3 Å². The Hall–Kier alpha value is -0.860. The van der Waals surface area contributed by atoms with Crippen LogP contribution in [0.25, 0.3) is 10.1 Å². The molecule has 0 saturated carbocycles. The maximum atomic E-state index is 5.56. The van der Waals surface area contributed by atoms with Crippen LogP contribution in [0, 0.1) is 0 Å². The van der Waals surface area contributed by atoms with Gasteiger partial charge in [-0.2, -0.15) is 0 Å². The SMILES string of the molecule is CC(C)c1cc2ccc(CCN)cc2s1. The second-order valence-electron chi connectivity index (χ2n) is 4.21. The Morgan fingerprint density at radius 2 is 2.07 bits per heavy atom. The molecule has 0 aliphatic heterocycles. The third-order valence-electron chi connectivity index (χ3n) is 2.61. The third-order valence-corrected chi connectivity index (χ3v) is 4.00. The molecule has 80 valence electrons. The number of hydrogen-bond acceptors (Lipinski definition) is 2. The van der Waals surface area contributed by atoms with E-state index in [9.17, 15) is 0 Å². The summed E-state index contributed by atoms with van der Waals surface area (Å²) in [6, 6.07) is 8.98. The molecule has 0 bridgehead atoms. The van der Waals surface area contributed by atoms with E-state index < -0.39 is 0 Å². The van der Waals surface area contributed by atoms with Gasteiger partial charge in [0, 0.05) is 9.58 Å². The number of fused-ring (bicyclic) bond motifs is 1. The largest absolute Gasteiger partial charge is 0.330 e. The zero-order valence-corrected chi connectivity index (χ0v) is 10.1. The summed E-state index contributed by atoms with van der Waals surface area (Å²) >= 11 is 1.90. The van der Waals surface area contributed by atoms with E-state index >= 15 is 0 Å². The van der Waals surface area contributed by atoms with Crippen molar-refractivity contribution in [1.29, 1.82) is 0 Å². The van der Waals surface area contributed by atoms with Crippen molar-refractivity contribution < 1.29 is 0 Å². The molecule has 0 aliphatic rings. The van der Waals surface area contributed by atoms with Gasteiger partial charge in [-0.3, -0.25) is 0 Å². The number of thiophene rings is 1. The summed E-state index contributed by atoms with van der Waals surface area (Å²) in [5.41, 5.74) is 6.91. The fourth-order valence-corrected chi connectivity index (χ4v) is 2.83. The second kappa shape index (κ2) is 4.33. The van der Waals surface area contributed by atoms with Crippen molar-refractivity contribution in [3.63, 3.8) is 0 Å². The number of benzene rings is 1. The lowest BCUT2D eigenvalue weighted by Crippen LogP contribution is -2.01. The van der Waals surface area contributed by atoms with Crippen LogP contribution < -0.4 is 5.73 Å². The Kier molecular flexibility index (Phi) is 3.08. The van der Waals surface area contributed by atoms with Crippen molar-refractivity contribution in [3.8, 4) is 0 Å². The molecule has 1 aromatic heterocycles. The van der Waals surface area contributed by atoms with Crippen LogP contribution in [0.5, 0.6) is 0 Å². The molecule has 15 heavy (non-hydrogen) atoms. The van der Waals surface area contributed by atoms with Gasteiger partial charge in [0.2, 0.25) is 0 Å². The molecule has 0 spiro atoms. The molecule has 0 atom stereocenters. The minimum atomic E-state index is 0.625. The van der Waals surface area contributed by atoms with Gasteiger partial charge in [0.05, 0.1) is 0 Å². The lowest BCUT2D eigenvalue weighted by atomic mass is 10.1. The first-order chi connectivity index (χ1) is 7.20. The fraction of sp³-hybridized carbons (Fsp3) is 0.385. The van der Waals surface area contributed by atoms with Gasteiger partial charge in [0.25, 0.3) is 0 Å². The highest BCUT2D eigenvalue weighted by atomic mass is 32.1. The van der Waals surface area contributed by atoms with E-state index in [1.165, 1.54) is 20.5 Å². The average Bonchev–Trinajstić information content (AvgIpc) is 2.61. The quantitative estimate of drug-likeness (QED) is 0.839. The Labute approximate surface area is 94.9 Å². The van der Waals surface area contributed by atoms with Crippen LogP contribution in [0.1, 0.15) is 30.2 Å². The molecular weight excluding hydrogens is 202 g/mol. The zero-order chi connectivity index (χ0) is 10.8. The molecule has 2 rings (SSSR count). The van der Waals surface area contributed by atoms with Gasteiger partial charge < -0.3 is 5.73 Å². The van der Waals surface area contributed by atoms with Crippen molar-refractivity contribution in [2.24, 2.45) is 5.73 Å². The monoisotopic (exact) mass is 219 g/mol. The standard InChI is InChI=1S/C13H17NS/c1-9(2)12-8-11-4-3-10(5-6-14)7-13(11)15-12/h3-4,7-9H,5-6,14H2,1-2H3. The van der Waals surface area contributed by atoms with E-state index in [4.69, 9.17) is 5.73 Å². The summed E-state index contributed by atoms with van der Waals surface area (Å²) in [7, 11) is 0. The molecule has 2 heteroatoms. The highest BCUT2D eigenvalue weighted by Crippen LogP contribution is 2.31. The van der Waals surface area contributed by atoms with Crippen LogP contribution in [-0.2, 0) is 6.42 Å². The van der Waals surface area contributed by atoms with Crippen LogP contribution in [0.15, 0.2) is 24.3 Å². The van der Waals surface area contributed by atoms with E-state index in [0.29, 0.717) is 5.92 Å². The van der Waals surface area contributed by atoms with Crippen molar-refractivity contribution in [2.75, 3.05) is 6.54 Å². The van der Waals surface area contributed by atoms with Crippen molar-refractivity contribution in [1.82, 2.24) is 0 Å². The molecule has 2 aromatic rings. The average molecular weight is 219 g/mol. The molecular formula is C13H17NS. The van der Waals surface area contributed by atoms with Crippen LogP contribution in [-0.4, -0.2) is 6.54 Å². The van der Waals surface area contributed by atoms with Gasteiger partial charge in [-0.1, -0.05) is 26.0 Å². The first kappa shape index (κ1) is 10.7. The molecule has 0 radical (unpaired) electrons. The Morgan fingerprint density at radius 3 is 2.73 bits per heavy atom. The van der Waals surface area contributed by atoms with E-state index in [0.717, 1.165) is 13.0 Å². The molecule has 0 unspecified atom stereocenters. The Bertz CT molecular complexity index is 457. The topological polar surface area (TPSA) is 26.0 Å². The van der Waals surface area contributed by atoms with Gasteiger partial charge in [0.1, 0.15) is 0 Å². The number of nitrogens with two attached hydrogens (primary N) is 1. The van der Waals surface area contributed by atoms with E-state index in [-0.39, 0.29) is 0 Å². The van der Waals surface area contributed by atoms with E-state index in [1.54, 1.807) is 0 Å². The Morgan fingerprint density at radius 1 is 1.27 bits per heavy atom. The molecule has 1 aromatic carbocycles. The molecule has 1 heterocycles. The number of rotatable bonds is 3.